The SMILES string of the molecule is COC(=O)Cn1c(=NC(=O)c2cccc(NS(=O)(=O)c3ccc(Cl)cc3)c2)sc2ccccc21. The number of sulfonamides is 1. The van der Waals surface area contributed by atoms with E-state index in [0.29, 0.717) is 9.82 Å². The van der Waals surface area contributed by atoms with E-state index in [1.807, 2.05) is 24.3 Å². The highest BCUT2D eigenvalue weighted by Crippen LogP contribution is 2.20. The minimum atomic E-state index is -3.88. The van der Waals surface area contributed by atoms with Crippen LogP contribution >= 0.6 is 22.9 Å². The number of carbonyl (C=O) groups excluding carboxylic acids is 2. The summed E-state index contributed by atoms with van der Waals surface area (Å²) in [5.41, 5.74) is 1.13. The Labute approximate surface area is 204 Å². The van der Waals surface area contributed by atoms with E-state index in [1.165, 1.54) is 60.9 Å². The van der Waals surface area contributed by atoms with Crippen LogP contribution in [0.15, 0.2) is 82.7 Å². The minimum Gasteiger partial charge on any atom is -0.468 e. The Bertz CT molecular complexity index is 1560. The van der Waals surface area contributed by atoms with Crippen LogP contribution in [0.3, 0.4) is 0 Å². The van der Waals surface area contributed by atoms with Gasteiger partial charge in [0.2, 0.25) is 0 Å². The second kappa shape index (κ2) is 9.80. The molecule has 0 aliphatic carbocycles. The number of benzene rings is 3. The molecule has 0 atom stereocenters. The highest BCUT2D eigenvalue weighted by molar-refractivity contribution is 7.92. The van der Waals surface area contributed by atoms with Crippen LogP contribution in [-0.4, -0.2) is 32.0 Å². The molecule has 1 N–H and O–H groups in total. The zero-order chi connectivity index (χ0) is 24.3. The van der Waals surface area contributed by atoms with Crippen LogP contribution in [0.1, 0.15) is 10.4 Å². The number of nitrogens with one attached hydrogen (secondary N) is 1. The van der Waals surface area contributed by atoms with Crippen molar-refractivity contribution in [1.82, 2.24) is 4.57 Å². The monoisotopic (exact) mass is 515 g/mol. The number of hydrogen-bond donors (Lipinski definition) is 1. The molecule has 1 amide bonds. The maximum Gasteiger partial charge on any atom is 0.325 e. The summed E-state index contributed by atoms with van der Waals surface area (Å²) in [5, 5.41) is 0.416. The van der Waals surface area contributed by atoms with E-state index in [1.54, 1.807) is 10.6 Å². The molecular formula is C23H18ClN3O5S2. The fourth-order valence-electron chi connectivity index (χ4n) is 3.15. The number of aromatic nitrogens is 1. The zero-order valence-electron chi connectivity index (χ0n) is 17.8. The maximum absolute atomic E-state index is 12.9. The first kappa shape index (κ1) is 23.7. The van der Waals surface area contributed by atoms with E-state index in [0.717, 1.165) is 10.2 Å². The van der Waals surface area contributed by atoms with Gasteiger partial charge < -0.3 is 9.30 Å². The molecule has 0 bridgehead atoms. The van der Waals surface area contributed by atoms with Crippen molar-refractivity contribution < 1.29 is 22.7 Å². The molecular weight excluding hydrogens is 498 g/mol. The van der Waals surface area contributed by atoms with Gasteiger partial charge in [0.05, 0.1) is 22.2 Å². The maximum atomic E-state index is 12.9. The van der Waals surface area contributed by atoms with Crippen molar-refractivity contribution >= 4 is 60.7 Å². The van der Waals surface area contributed by atoms with Crippen LogP contribution in [0.4, 0.5) is 5.69 Å². The first-order chi connectivity index (χ1) is 16.3. The summed E-state index contributed by atoms with van der Waals surface area (Å²) in [6.07, 6.45) is 0. The van der Waals surface area contributed by atoms with Crippen molar-refractivity contribution in [3.63, 3.8) is 0 Å². The van der Waals surface area contributed by atoms with Gasteiger partial charge in [-0.25, -0.2) is 8.42 Å². The number of anilines is 1. The Morgan fingerprint density at radius 2 is 1.79 bits per heavy atom. The second-order valence-corrected chi connectivity index (χ2v) is 10.2. The van der Waals surface area contributed by atoms with E-state index in [2.05, 4.69) is 9.71 Å². The van der Waals surface area contributed by atoms with Crippen molar-refractivity contribution in [2.24, 2.45) is 4.99 Å². The molecule has 1 heterocycles. The average molecular weight is 516 g/mol. The van der Waals surface area contributed by atoms with Gasteiger partial charge in [-0.2, -0.15) is 4.99 Å². The van der Waals surface area contributed by atoms with Gasteiger partial charge in [0.1, 0.15) is 6.54 Å². The summed E-state index contributed by atoms with van der Waals surface area (Å²) < 4.78 is 35.0. The van der Waals surface area contributed by atoms with Crippen LogP contribution in [0.2, 0.25) is 5.02 Å². The first-order valence-corrected chi connectivity index (χ1v) is 12.6. The quantitative estimate of drug-likeness (QED) is 0.389. The largest absolute Gasteiger partial charge is 0.468 e. The fourth-order valence-corrected chi connectivity index (χ4v) is 5.35. The van der Waals surface area contributed by atoms with Crippen LogP contribution in [0.5, 0.6) is 0 Å². The molecule has 0 saturated carbocycles. The van der Waals surface area contributed by atoms with Gasteiger partial charge in [-0.05, 0) is 54.6 Å². The van der Waals surface area contributed by atoms with Crippen molar-refractivity contribution in [3.05, 3.63) is 88.2 Å². The number of hydrogen-bond acceptors (Lipinski definition) is 6. The van der Waals surface area contributed by atoms with Gasteiger partial charge in [-0.15, -0.1) is 0 Å². The minimum absolute atomic E-state index is 0.0347. The molecule has 11 heteroatoms. The predicted octanol–water partition coefficient (Wildman–Crippen LogP) is 4.07. The Hall–Kier alpha value is -3.47. The molecule has 0 radical (unpaired) electrons. The number of nitrogens with zero attached hydrogens (tertiary/aromatic N) is 2. The van der Waals surface area contributed by atoms with E-state index in [-0.39, 0.29) is 22.7 Å². The topological polar surface area (TPSA) is 107 Å². The molecule has 0 unspecified atom stereocenters. The number of thiazole rings is 1. The molecule has 0 aliphatic rings. The molecule has 4 aromatic rings. The molecule has 0 spiro atoms. The van der Waals surface area contributed by atoms with E-state index < -0.39 is 21.9 Å². The number of esters is 1. The molecule has 174 valence electrons. The lowest BCUT2D eigenvalue weighted by molar-refractivity contribution is -0.141. The zero-order valence-corrected chi connectivity index (χ0v) is 20.2. The number of fused-ring (bicyclic) bond motifs is 1. The lowest BCUT2D eigenvalue weighted by atomic mass is 10.2. The molecule has 0 fully saturated rings. The molecule has 3 aromatic carbocycles. The van der Waals surface area contributed by atoms with Crippen molar-refractivity contribution in [2.45, 2.75) is 11.4 Å². The number of carbonyl (C=O) groups is 2. The summed E-state index contributed by atoms with van der Waals surface area (Å²) in [6.45, 7) is -0.104. The smallest absolute Gasteiger partial charge is 0.325 e. The van der Waals surface area contributed by atoms with Crippen molar-refractivity contribution in [1.29, 1.82) is 0 Å². The van der Waals surface area contributed by atoms with Crippen molar-refractivity contribution in [3.8, 4) is 0 Å². The number of amides is 1. The van der Waals surface area contributed by atoms with Gasteiger partial charge in [-0.1, -0.05) is 41.1 Å². The van der Waals surface area contributed by atoms with E-state index in [9.17, 15) is 18.0 Å². The lowest BCUT2D eigenvalue weighted by Gasteiger charge is -2.09. The lowest BCUT2D eigenvalue weighted by Crippen LogP contribution is -2.22. The summed E-state index contributed by atoms with van der Waals surface area (Å²) in [7, 11) is -2.59. The molecule has 8 nitrogen and oxygen atoms in total. The first-order valence-electron chi connectivity index (χ1n) is 9.89. The van der Waals surface area contributed by atoms with Gasteiger partial charge >= 0.3 is 5.97 Å². The summed E-state index contributed by atoms with van der Waals surface area (Å²) in [4.78, 5) is 29.4. The standard InChI is InChI=1S/C23H18ClN3O5S2/c1-32-21(28)14-27-19-7-2-3-8-20(19)33-23(27)25-22(29)15-5-4-6-17(13-15)26-34(30,31)18-11-9-16(24)10-12-18/h2-13,26H,14H2,1H3. The fraction of sp³-hybridized carbons (Fsp3) is 0.0870. The van der Waals surface area contributed by atoms with Gasteiger partial charge in [-0.3, -0.25) is 14.3 Å². The highest BCUT2D eigenvalue weighted by atomic mass is 35.5. The summed E-state index contributed by atoms with van der Waals surface area (Å²) >= 11 is 7.08. The third kappa shape index (κ3) is 5.19. The Balaban J connectivity index is 1.67. The number of para-hydroxylation sites is 1. The van der Waals surface area contributed by atoms with Crippen molar-refractivity contribution in [2.75, 3.05) is 11.8 Å². The van der Waals surface area contributed by atoms with Crippen LogP contribution < -0.4 is 9.52 Å². The number of ether oxygens (including phenoxy) is 1. The van der Waals surface area contributed by atoms with Crippen LogP contribution in [-0.2, 0) is 26.1 Å². The summed E-state index contributed by atoms with van der Waals surface area (Å²) in [6, 6.07) is 19.1. The van der Waals surface area contributed by atoms with E-state index in [4.69, 9.17) is 16.3 Å². The highest BCUT2D eigenvalue weighted by Gasteiger charge is 2.16. The van der Waals surface area contributed by atoms with E-state index >= 15 is 0 Å². The number of halogens is 1. The molecule has 0 saturated heterocycles. The normalized spacial score (nSPS) is 12.0. The van der Waals surface area contributed by atoms with Crippen LogP contribution in [0, 0.1) is 0 Å². The number of methoxy groups -OCH3 is 1. The molecule has 0 aliphatic heterocycles. The summed E-state index contributed by atoms with van der Waals surface area (Å²) in [5.74, 6) is -1.06. The third-order valence-electron chi connectivity index (χ3n) is 4.79. The molecule has 34 heavy (non-hydrogen) atoms. The Morgan fingerprint density at radius 3 is 2.53 bits per heavy atom. The van der Waals surface area contributed by atoms with Gasteiger partial charge in [0.15, 0.2) is 4.80 Å². The van der Waals surface area contributed by atoms with Gasteiger partial charge in [0, 0.05) is 16.3 Å². The second-order valence-electron chi connectivity index (χ2n) is 7.07. The van der Waals surface area contributed by atoms with Gasteiger partial charge in [0.25, 0.3) is 15.9 Å². The van der Waals surface area contributed by atoms with Crippen LogP contribution in [0.25, 0.3) is 10.2 Å². The average Bonchev–Trinajstić information content (AvgIpc) is 3.15. The Kier molecular flexibility index (Phi) is 6.82. The third-order valence-corrected chi connectivity index (χ3v) is 7.49. The predicted molar refractivity (Wildman–Crippen MR) is 130 cm³/mol. The Morgan fingerprint density at radius 1 is 1.06 bits per heavy atom. The molecule has 4 rings (SSSR count). The number of rotatable bonds is 6. The molecule has 1 aromatic heterocycles.